The van der Waals surface area contributed by atoms with E-state index in [4.69, 9.17) is 5.41 Å². The van der Waals surface area contributed by atoms with Gasteiger partial charge in [0.25, 0.3) is 0 Å². The molecule has 0 bridgehead atoms. The molecule has 76 valence electrons. The average Bonchev–Trinajstić information content (AvgIpc) is 2.17. The number of carbonyl (C=O) groups is 1. The first-order chi connectivity index (χ1) is 6.65. The van der Waals surface area contributed by atoms with Crippen LogP contribution >= 0.6 is 0 Å². The van der Waals surface area contributed by atoms with E-state index in [1.54, 1.807) is 6.92 Å². The van der Waals surface area contributed by atoms with Gasteiger partial charge < -0.3 is 9.64 Å². The van der Waals surface area contributed by atoms with Crippen molar-refractivity contribution in [2.45, 2.75) is 6.92 Å². The zero-order chi connectivity index (χ0) is 10.6. The van der Waals surface area contributed by atoms with Crippen molar-refractivity contribution >= 4 is 11.8 Å². The van der Waals surface area contributed by atoms with Crippen molar-refractivity contribution in [3.05, 3.63) is 24.2 Å². The quantitative estimate of drug-likeness (QED) is 0.391. The highest BCUT2D eigenvalue weighted by Crippen LogP contribution is 2.08. The third-order valence-corrected chi connectivity index (χ3v) is 1.61. The number of halogens is 1. The summed E-state index contributed by atoms with van der Waals surface area (Å²) in [6.07, 6.45) is 3.91. The number of carbonyl (C=O) groups excluding carboxylic acids is 1. The Morgan fingerprint density at radius 1 is 1.79 bits per heavy atom. The van der Waals surface area contributed by atoms with Crippen molar-refractivity contribution < 1.29 is 13.9 Å². The van der Waals surface area contributed by atoms with Crippen LogP contribution in [0.15, 0.2) is 24.2 Å². The molecule has 1 rings (SSSR count). The van der Waals surface area contributed by atoms with Gasteiger partial charge in [-0.2, -0.15) is 0 Å². The third kappa shape index (κ3) is 2.42. The second kappa shape index (κ2) is 4.55. The predicted molar refractivity (Wildman–Crippen MR) is 49.4 cm³/mol. The van der Waals surface area contributed by atoms with E-state index in [-0.39, 0.29) is 12.4 Å². The topological polar surface area (TPSA) is 53.4 Å². The standard InChI is InChI=1S/C9H11FN2O2/c1-2-14-9(13)8(11)12-5-3-4-7(10)6-12/h3-4,6,11H,2,5H2,1H3. The Hall–Kier alpha value is -1.65. The lowest BCUT2D eigenvalue weighted by atomic mass is 10.3. The van der Waals surface area contributed by atoms with Crippen LogP contribution in [0.2, 0.25) is 0 Å². The van der Waals surface area contributed by atoms with E-state index >= 15 is 0 Å². The largest absolute Gasteiger partial charge is 0.460 e. The fourth-order valence-corrected chi connectivity index (χ4v) is 0.996. The lowest BCUT2D eigenvalue weighted by Crippen LogP contribution is -2.34. The van der Waals surface area contributed by atoms with Gasteiger partial charge in [-0.15, -0.1) is 0 Å². The molecule has 14 heavy (non-hydrogen) atoms. The zero-order valence-corrected chi connectivity index (χ0v) is 7.79. The van der Waals surface area contributed by atoms with Crippen LogP contribution in [0.1, 0.15) is 6.92 Å². The smallest absolute Gasteiger partial charge is 0.373 e. The second-order valence-corrected chi connectivity index (χ2v) is 2.64. The Balaban J connectivity index is 2.62. The number of rotatable bonds is 1. The van der Waals surface area contributed by atoms with E-state index in [2.05, 4.69) is 4.74 Å². The summed E-state index contributed by atoms with van der Waals surface area (Å²) >= 11 is 0. The van der Waals surface area contributed by atoms with E-state index < -0.39 is 11.8 Å². The molecule has 0 atom stereocenters. The van der Waals surface area contributed by atoms with Crippen molar-refractivity contribution in [1.82, 2.24) is 4.90 Å². The van der Waals surface area contributed by atoms with E-state index in [0.29, 0.717) is 6.54 Å². The highest BCUT2D eigenvalue weighted by Gasteiger charge is 2.18. The van der Waals surface area contributed by atoms with Gasteiger partial charge in [0, 0.05) is 12.7 Å². The second-order valence-electron chi connectivity index (χ2n) is 2.64. The molecule has 1 aliphatic rings. The highest BCUT2D eigenvalue weighted by molar-refractivity contribution is 6.34. The maximum atomic E-state index is 12.7. The number of amidine groups is 1. The van der Waals surface area contributed by atoms with Gasteiger partial charge in [0.2, 0.25) is 5.84 Å². The highest BCUT2D eigenvalue weighted by atomic mass is 19.1. The number of nitrogens with zero attached hydrogens (tertiary/aromatic N) is 1. The van der Waals surface area contributed by atoms with Crippen molar-refractivity contribution in [1.29, 1.82) is 5.41 Å². The van der Waals surface area contributed by atoms with Crippen LogP contribution in [0, 0.1) is 5.41 Å². The van der Waals surface area contributed by atoms with Gasteiger partial charge in [0.05, 0.1) is 6.61 Å². The molecule has 1 heterocycles. The molecule has 0 aromatic rings. The number of esters is 1. The van der Waals surface area contributed by atoms with Gasteiger partial charge in [-0.05, 0) is 13.0 Å². The van der Waals surface area contributed by atoms with Crippen LogP contribution in [0.5, 0.6) is 0 Å². The molecule has 5 heteroatoms. The van der Waals surface area contributed by atoms with Crippen molar-refractivity contribution in [2.75, 3.05) is 13.2 Å². The molecule has 0 radical (unpaired) electrons. The number of allylic oxidation sites excluding steroid dienone is 2. The molecular weight excluding hydrogens is 187 g/mol. The van der Waals surface area contributed by atoms with Gasteiger partial charge in [-0.25, -0.2) is 9.18 Å². The fourth-order valence-electron chi connectivity index (χ4n) is 0.996. The molecule has 0 aromatic carbocycles. The van der Waals surface area contributed by atoms with Crippen LogP contribution in [-0.2, 0) is 9.53 Å². The first-order valence-corrected chi connectivity index (χ1v) is 4.21. The summed E-state index contributed by atoms with van der Waals surface area (Å²) in [6.45, 7) is 2.17. The lowest BCUT2D eigenvalue weighted by Gasteiger charge is -2.19. The normalized spacial score (nSPS) is 15.0. The summed E-state index contributed by atoms with van der Waals surface area (Å²) in [7, 11) is 0. The first kappa shape index (κ1) is 10.4. The number of hydrogen-bond acceptors (Lipinski definition) is 3. The van der Waals surface area contributed by atoms with Crippen LogP contribution in [0.25, 0.3) is 0 Å². The minimum Gasteiger partial charge on any atom is -0.460 e. The molecule has 0 aliphatic carbocycles. The minimum atomic E-state index is -0.744. The average molecular weight is 198 g/mol. The number of nitrogens with one attached hydrogen (secondary N) is 1. The zero-order valence-electron chi connectivity index (χ0n) is 7.79. The molecule has 0 unspecified atom stereocenters. The molecule has 1 N–H and O–H groups in total. The number of hydrogen-bond donors (Lipinski definition) is 1. The number of ether oxygens (including phenoxy) is 1. The molecular formula is C9H11FN2O2. The molecule has 4 nitrogen and oxygen atoms in total. The van der Waals surface area contributed by atoms with Gasteiger partial charge in [-0.1, -0.05) is 6.08 Å². The third-order valence-electron chi connectivity index (χ3n) is 1.61. The van der Waals surface area contributed by atoms with Gasteiger partial charge >= 0.3 is 5.97 Å². The molecule has 0 aromatic heterocycles. The van der Waals surface area contributed by atoms with E-state index in [9.17, 15) is 9.18 Å². The van der Waals surface area contributed by atoms with Crippen LogP contribution in [-0.4, -0.2) is 29.9 Å². The van der Waals surface area contributed by atoms with Crippen LogP contribution in [0.4, 0.5) is 4.39 Å². The summed E-state index contributed by atoms with van der Waals surface area (Å²) in [5.74, 6) is -1.58. The predicted octanol–water partition coefficient (Wildman–Crippen LogP) is 1.21. The summed E-state index contributed by atoms with van der Waals surface area (Å²) < 4.78 is 17.3. The Labute approximate surface area is 81.2 Å². The molecule has 1 aliphatic heterocycles. The maximum absolute atomic E-state index is 12.7. The molecule has 0 fully saturated rings. The van der Waals surface area contributed by atoms with Crippen LogP contribution in [0.3, 0.4) is 0 Å². The molecule has 0 spiro atoms. The van der Waals surface area contributed by atoms with Crippen molar-refractivity contribution in [3.63, 3.8) is 0 Å². The Bertz CT molecular complexity index is 310. The maximum Gasteiger partial charge on any atom is 0.373 e. The first-order valence-electron chi connectivity index (χ1n) is 4.21. The van der Waals surface area contributed by atoms with Crippen molar-refractivity contribution in [3.8, 4) is 0 Å². The summed E-state index contributed by atoms with van der Waals surface area (Å²) in [5, 5.41) is 7.39. The van der Waals surface area contributed by atoms with E-state index in [0.717, 1.165) is 6.20 Å². The SMILES string of the molecule is CCOC(=O)C(=N)N1C=C(F)C=CC1. The molecule has 0 amide bonds. The summed E-state index contributed by atoms with van der Waals surface area (Å²) in [6, 6.07) is 0. The van der Waals surface area contributed by atoms with E-state index in [1.807, 2.05) is 0 Å². The fraction of sp³-hybridized carbons (Fsp3) is 0.333. The van der Waals surface area contributed by atoms with E-state index in [1.165, 1.54) is 17.1 Å². The lowest BCUT2D eigenvalue weighted by molar-refractivity contribution is -0.135. The van der Waals surface area contributed by atoms with Crippen molar-refractivity contribution in [2.24, 2.45) is 0 Å². The summed E-state index contributed by atoms with van der Waals surface area (Å²) in [5.41, 5.74) is 0. The summed E-state index contributed by atoms with van der Waals surface area (Å²) in [4.78, 5) is 12.3. The Morgan fingerprint density at radius 2 is 2.50 bits per heavy atom. The van der Waals surface area contributed by atoms with Gasteiger partial charge in [0.1, 0.15) is 5.83 Å². The minimum absolute atomic E-state index is 0.205. The molecule has 0 saturated carbocycles. The Kier molecular flexibility index (Phi) is 3.39. The molecule has 0 saturated heterocycles. The van der Waals surface area contributed by atoms with Crippen LogP contribution < -0.4 is 0 Å². The Morgan fingerprint density at radius 3 is 3.07 bits per heavy atom. The monoisotopic (exact) mass is 198 g/mol. The van der Waals surface area contributed by atoms with Gasteiger partial charge in [0.15, 0.2) is 0 Å². The van der Waals surface area contributed by atoms with Gasteiger partial charge in [-0.3, -0.25) is 5.41 Å².